The van der Waals surface area contributed by atoms with Crippen LogP contribution in [0.5, 0.6) is 0 Å². The number of hydrogen-bond donors (Lipinski definition) is 0. The van der Waals surface area contributed by atoms with Crippen LogP contribution in [0.25, 0.3) is 0 Å². The zero-order chi connectivity index (χ0) is 5.66. The molecule has 1 aliphatic rings. The molecule has 0 fully saturated rings. The summed E-state index contributed by atoms with van der Waals surface area (Å²) in [6.45, 7) is 0.656. The monoisotopic (exact) mass is 126 g/mol. The number of hydrogen-bond acceptors (Lipinski definition) is 2. The van der Waals surface area contributed by atoms with E-state index in [4.69, 9.17) is 8.85 Å². The molecule has 0 aromatic rings. The summed E-state index contributed by atoms with van der Waals surface area (Å²) in [5.41, 5.74) is 0. The number of rotatable bonds is 0. The molecule has 1 aliphatic heterocycles. The van der Waals surface area contributed by atoms with E-state index in [1.54, 1.807) is 6.26 Å². The van der Waals surface area contributed by atoms with Crippen LogP contribution in [0.3, 0.4) is 0 Å². The van der Waals surface area contributed by atoms with Gasteiger partial charge in [0, 0.05) is 0 Å². The molecule has 0 amide bonds. The summed E-state index contributed by atoms with van der Waals surface area (Å²) in [6, 6.07) is 0. The standard InChI is InChI=1S/C5H6O2Si/c1-2-4-6-8-7-5-3-1/h1-4H,5H2/b3-1-,4-2-. The molecule has 0 aromatic carbocycles. The van der Waals surface area contributed by atoms with E-state index in [1.807, 2.05) is 18.2 Å². The highest BCUT2D eigenvalue weighted by Gasteiger charge is 1.88. The van der Waals surface area contributed by atoms with Crippen molar-refractivity contribution in [1.29, 1.82) is 0 Å². The van der Waals surface area contributed by atoms with Crippen LogP contribution < -0.4 is 0 Å². The van der Waals surface area contributed by atoms with E-state index >= 15 is 0 Å². The quantitative estimate of drug-likeness (QED) is 0.443. The lowest BCUT2D eigenvalue weighted by Crippen LogP contribution is -2.01. The SMILES string of the molecule is C1=C\CO[Si]O\C=C/1. The number of allylic oxidation sites excluding steroid dienone is 2. The Bertz CT molecular complexity index is 95.0. The Morgan fingerprint density at radius 2 is 2.38 bits per heavy atom. The zero-order valence-electron chi connectivity index (χ0n) is 4.33. The molecule has 2 nitrogen and oxygen atoms in total. The molecule has 0 saturated heterocycles. The van der Waals surface area contributed by atoms with Gasteiger partial charge in [-0.3, -0.25) is 0 Å². The van der Waals surface area contributed by atoms with Gasteiger partial charge in [-0.1, -0.05) is 12.2 Å². The average Bonchev–Trinajstić information content (AvgIpc) is 1.62. The molecule has 3 heteroatoms. The van der Waals surface area contributed by atoms with Crippen LogP contribution in [-0.4, -0.2) is 16.6 Å². The highest BCUT2D eigenvalue weighted by molar-refractivity contribution is 6.18. The van der Waals surface area contributed by atoms with E-state index in [-0.39, 0.29) is 10.0 Å². The fraction of sp³-hybridized carbons (Fsp3) is 0.200. The Morgan fingerprint density at radius 1 is 1.38 bits per heavy atom. The maximum absolute atomic E-state index is 4.94. The fourth-order valence-corrected chi connectivity index (χ4v) is 0.729. The summed E-state index contributed by atoms with van der Waals surface area (Å²) < 4.78 is 9.79. The first-order chi connectivity index (χ1) is 4.00. The van der Waals surface area contributed by atoms with Crippen molar-refractivity contribution in [2.45, 2.75) is 0 Å². The molecule has 2 radical (unpaired) electrons. The lowest BCUT2D eigenvalue weighted by Gasteiger charge is -1.97. The Balaban J connectivity index is 2.33. The molecule has 0 bridgehead atoms. The van der Waals surface area contributed by atoms with Gasteiger partial charge in [-0.05, 0) is 6.08 Å². The second kappa shape index (κ2) is 3.46. The molecule has 1 heterocycles. The van der Waals surface area contributed by atoms with Crippen molar-refractivity contribution >= 4 is 10.0 Å². The van der Waals surface area contributed by atoms with Crippen LogP contribution in [0.1, 0.15) is 0 Å². The van der Waals surface area contributed by atoms with Crippen molar-refractivity contribution in [3.63, 3.8) is 0 Å². The van der Waals surface area contributed by atoms with E-state index in [0.717, 1.165) is 0 Å². The summed E-state index contributed by atoms with van der Waals surface area (Å²) in [4.78, 5) is 0. The summed E-state index contributed by atoms with van der Waals surface area (Å²) in [6.07, 6.45) is 7.29. The minimum atomic E-state index is 0.152. The van der Waals surface area contributed by atoms with E-state index in [0.29, 0.717) is 6.61 Å². The molecular weight excluding hydrogens is 120 g/mol. The van der Waals surface area contributed by atoms with E-state index < -0.39 is 0 Å². The van der Waals surface area contributed by atoms with Gasteiger partial charge in [0.2, 0.25) is 0 Å². The van der Waals surface area contributed by atoms with Gasteiger partial charge in [-0.2, -0.15) is 0 Å². The molecular formula is C5H6O2Si. The minimum absolute atomic E-state index is 0.152. The highest BCUT2D eigenvalue weighted by atomic mass is 28.3. The molecule has 42 valence electrons. The Labute approximate surface area is 50.9 Å². The van der Waals surface area contributed by atoms with Crippen LogP contribution >= 0.6 is 0 Å². The first-order valence-corrected chi connectivity index (χ1v) is 3.16. The summed E-state index contributed by atoms with van der Waals surface area (Å²) in [5, 5.41) is 0. The Hall–Kier alpha value is -0.543. The first kappa shape index (κ1) is 5.59. The van der Waals surface area contributed by atoms with Gasteiger partial charge in [0.15, 0.2) is 0 Å². The fourth-order valence-electron chi connectivity index (χ4n) is 0.363. The third-order valence-electron chi connectivity index (χ3n) is 0.680. The largest absolute Gasteiger partial charge is 0.524 e. The smallest absolute Gasteiger partial charge is 0.521 e. The van der Waals surface area contributed by atoms with Gasteiger partial charge < -0.3 is 8.85 Å². The predicted molar refractivity (Wildman–Crippen MR) is 31.1 cm³/mol. The third kappa shape index (κ3) is 1.95. The van der Waals surface area contributed by atoms with Crippen molar-refractivity contribution in [1.82, 2.24) is 0 Å². The van der Waals surface area contributed by atoms with Gasteiger partial charge >= 0.3 is 10.0 Å². The normalized spacial score (nSPS) is 27.0. The average molecular weight is 126 g/mol. The molecule has 0 N–H and O–H groups in total. The maximum Gasteiger partial charge on any atom is 0.521 e. The third-order valence-corrected chi connectivity index (χ3v) is 1.20. The second-order valence-corrected chi connectivity index (χ2v) is 1.96. The molecule has 0 saturated carbocycles. The lowest BCUT2D eigenvalue weighted by atomic mass is 10.5. The van der Waals surface area contributed by atoms with E-state index in [2.05, 4.69) is 0 Å². The van der Waals surface area contributed by atoms with Gasteiger partial charge in [0.25, 0.3) is 0 Å². The van der Waals surface area contributed by atoms with Gasteiger partial charge in [-0.15, -0.1) is 0 Å². The van der Waals surface area contributed by atoms with E-state index in [1.165, 1.54) is 0 Å². The zero-order valence-corrected chi connectivity index (χ0v) is 5.33. The van der Waals surface area contributed by atoms with Crippen molar-refractivity contribution in [3.8, 4) is 0 Å². The summed E-state index contributed by atoms with van der Waals surface area (Å²) in [5.74, 6) is 0. The van der Waals surface area contributed by atoms with Crippen molar-refractivity contribution < 1.29 is 8.85 Å². The van der Waals surface area contributed by atoms with Crippen LogP contribution in [0.15, 0.2) is 24.5 Å². The second-order valence-electron chi connectivity index (χ2n) is 1.27. The van der Waals surface area contributed by atoms with Crippen LogP contribution in [0.4, 0.5) is 0 Å². The van der Waals surface area contributed by atoms with Crippen molar-refractivity contribution in [2.75, 3.05) is 6.61 Å². The lowest BCUT2D eigenvalue weighted by molar-refractivity contribution is 0.303. The molecule has 0 aliphatic carbocycles. The van der Waals surface area contributed by atoms with Gasteiger partial charge in [-0.25, -0.2) is 0 Å². The van der Waals surface area contributed by atoms with E-state index in [9.17, 15) is 0 Å². The first-order valence-electron chi connectivity index (χ1n) is 2.34. The Kier molecular flexibility index (Phi) is 2.42. The summed E-state index contributed by atoms with van der Waals surface area (Å²) >= 11 is 0. The van der Waals surface area contributed by atoms with Crippen LogP contribution in [-0.2, 0) is 8.85 Å². The van der Waals surface area contributed by atoms with Crippen molar-refractivity contribution in [2.24, 2.45) is 0 Å². The predicted octanol–water partition coefficient (Wildman–Crippen LogP) is 0.637. The molecule has 0 aromatic heterocycles. The van der Waals surface area contributed by atoms with Gasteiger partial charge in [0.05, 0.1) is 12.9 Å². The highest BCUT2D eigenvalue weighted by Crippen LogP contribution is 1.85. The maximum atomic E-state index is 4.94. The van der Waals surface area contributed by atoms with Crippen LogP contribution in [0.2, 0.25) is 0 Å². The molecule has 0 unspecified atom stereocenters. The van der Waals surface area contributed by atoms with Crippen molar-refractivity contribution in [3.05, 3.63) is 24.5 Å². The molecule has 1 rings (SSSR count). The topological polar surface area (TPSA) is 18.5 Å². The summed E-state index contributed by atoms with van der Waals surface area (Å²) in [7, 11) is 0.152. The van der Waals surface area contributed by atoms with Crippen LogP contribution in [0, 0.1) is 0 Å². The molecule has 0 atom stereocenters. The molecule has 8 heavy (non-hydrogen) atoms. The molecule has 0 spiro atoms. The Morgan fingerprint density at radius 3 is 3.38 bits per heavy atom. The minimum Gasteiger partial charge on any atom is -0.524 e. The van der Waals surface area contributed by atoms with Gasteiger partial charge in [0.1, 0.15) is 0 Å².